The fourth-order valence-corrected chi connectivity index (χ4v) is 3.84. The van der Waals surface area contributed by atoms with E-state index < -0.39 is 0 Å². The van der Waals surface area contributed by atoms with Crippen LogP contribution in [0.15, 0.2) is 24.5 Å². The number of hydrogen-bond acceptors (Lipinski definition) is 8. The fourth-order valence-electron chi connectivity index (χ4n) is 3.17. The molecule has 0 N–H and O–H groups in total. The number of hydrogen-bond donors (Lipinski definition) is 0. The summed E-state index contributed by atoms with van der Waals surface area (Å²) in [6.45, 7) is 5.57. The van der Waals surface area contributed by atoms with Crippen molar-refractivity contribution in [1.29, 1.82) is 0 Å². The highest BCUT2D eigenvalue weighted by Crippen LogP contribution is 2.25. The van der Waals surface area contributed by atoms with E-state index in [9.17, 15) is 4.79 Å². The van der Waals surface area contributed by atoms with Gasteiger partial charge in [0, 0.05) is 42.5 Å². The van der Waals surface area contributed by atoms with E-state index >= 15 is 0 Å². The molecule has 7 nitrogen and oxygen atoms in total. The minimum Gasteiger partial charge on any atom is -0.380 e. The first kappa shape index (κ1) is 18.1. The topological polar surface area (TPSA) is 81.1 Å². The fraction of sp³-hybridized carbons (Fsp3) is 0.421. The molecule has 140 valence electrons. The number of pyridine rings is 2. The third-order valence-corrected chi connectivity index (χ3v) is 5.38. The van der Waals surface area contributed by atoms with E-state index in [0.29, 0.717) is 19.6 Å². The number of nitrogens with zero attached hydrogens (tertiary/aromatic N) is 5. The average molecular weight is 383 g/mol. The molecule has 27 heavy (non-hydrogen) atoms. The zero-order valence-electron chi connectivity index (χ0n) is 15.2. The van der Waals surface area contributed by atoms with Crippen molar-refractivity contribution in [3.8, 4) is 10.6 Å². The summed E-state index contributed by atoms with van der Waals surface area (Å²) in [5, 5.41) is 11.0. The lowest BCUT2D eigenvalue weighted by Crippen LogP contribution is -2.32. The SMILES string of the molecule is Cc1nnc(-c2cnc3cnc(CC(=O)CN4CCCOCC4)cc3c2)s1. The summed E-state index contributed by atoms with van der Waals surface area (Å²) in [5.74, 6) is 0.174. The first-order valence-corrected chi connectivity index (χ1v) is 9.86. The van der Waals surface area contributed by atoms with Crippen LogP contribution in [0.5, 0.6) is 0 Å². The first-order chi connectivity index (χ1) is 13.2. The average Bonchev–Trinajstić information content (AvgIpc) is 2.93. The molecule has 0 unspecified atom stereocenters. The third kappa shape index (κ3) is 4.52. The van der Waals surface area contributed by atoms with Gasteiger partial charge < -0.3 is 4.74 Å². The highest BCUT2D eigenvalue weighted by atomic mass is 32.1. The van der Waals surface area contributed by atoms with Gasteiger partial charge in [0.1, 0.15) is 10.0 Å². The molecule has 4 rings (SSSR count). The van der Waals surface area contributed by atoms with Crippen LogP contribution < -0.4 is 0 Å². The van der Waals surface area contributed by atoms with Crippen molar-refractivity contribution in [2.75, 3.05) is 32.8 Å². The maximum absolute atomic E-state index is 12.5. The summed E-state index contributed by atoms with van der Waals surface area (Å²) in [6, 6.07) is 3.98. The molecule has 1 fully saturated rings. The Labute approximate surface area is 161 Å². The third-order valence-electron chi connectivity index (χ3n) is 4.49. The number of Topliss-reactive ketones (excluding diaryl/α,β-unsaturated/α-hetero) is 1. The van der Waals surface area contributed by atoms with Gasteiger partial charge in [-0.15, -0.1) is 10.2 Å². The zero-order chi connectivity index (χ0) is 18.6. The van der Waals surface area contributed by atoms with Crippen molar-refractivity contribution in [3.05, 3.63) is 35.2 Å². The largest absolute Gasteiger partial charge is 0.380 e. The second-order valence-corrected chi connectivity index (χ2v) is 7.86. The van der Waals surface area contributed by atoms with Crippen LogP contribution in [0.2, 0.25) is 0 Å². The molecule has 0 bridgehead atoms. The van der Waals surface area contributed by atoms with Crippen LogP contribution in [0.1, 0.15) is 17.1 Å². The van der Waals surface area contributed by atoms with E-state index in [1.54, 1.807) is 12.4 Å². The van der Waals surface area contributed by atoms with Crippen molar-refractivity contribution in [1.82, 2.24) is 25.1 Å². The molecule has 0 atom stereocenters. The Morgan fingerprint density at radius 2 is 2.11 bits per heavy atom. The molecule has 0 aliphatic carbocycles. The molecule has 0 radical (unpaired) electrons. The van der Waals surface area contributed by atoms with Crippen molar-refractivity contribution in [2.24, 2.45) is 0 Å². The Hall–Kier alpha value is -2.29. The number of ether oxygens (including phenoxy) is 1. The van der Waals surface area contributed by atoms with Crippen LogP contribution in [-0.4, -0.2) is 63.7 Å². The summed E-state index contributed by atoms with van der Waals surface area (Å²) in [5.41, 5.74) is 2.51. The van der Waals surface area contributed by atoms with Crippen LogP contribution in [0.25, 0.3) is 21.5 Å². The molecule has 0 spiro atoms. The Morgan fingerprint density at radius 1 is 1.19 bits per heavy atom. The molecule has 1 aliphatic heterocycles. The number of rotatable bonds is 5. The number of aromatic nitrogens is 4. The summed E-state index contributed by atoms with van der Waals surface area (Å²) in [6.07, 6.45) is 4.82. The molecular weight excluding hydrogens is 362 g/mol. The van der Waals surface area contributed by atoms with E-state index in [-0.39, 0.29) is 5.78 Å². The Morgan fingerprint density at radius 3 is 2.96 bits per heavy atom. The van der Waals surface area contributed by atoms with E-state index in [4.69, 9.17) is 4.74 Å². The molecule has 3 aromatic rings. The Bertz CT molecular complexity index is 950. The van der Waals surface area contributed by atoms with E-state index in [2.05, 4.69) is 25.1 Å². The second kappa shape index (κ2) is 8.16. The van der Waals surface area contributed by atoms with Gasteiger partial charge in [-0.2, -0.15) is 0 Å². The quantitative estimate of drug-likeness (QED) is 0.668. The van der Waals surface area contributed by atoms with Crippen LogP contribution >= 0.6 is 11.3 Å². The number of carbonyl (C=O) groups is 1. The lowest BCUT2D eigenvalue weighted by Gasteiger charge is -2.17. The maximum atomic E-state index is 12.5. The number of carbonyl (C=O) groups excluding carboxylic acids is 1. The molecule has 0 saturated carbocycles. The number of aryl methyl sites for hydroxylation is 1. The van der Waals surface area contributed by atoms with Crippen LogP contribution in [0.3, 0.4) is 0 Å². The van der Waals surface area contributed by atoms with E-state index in [0.717, 1.165) is 58.3 Å². The summed E-state index contributed by atoms with van der Waals surface area (Å²) in [4.78, 5) is 23.5. The normalized spacial score (nSPS) is 15.7. The van der Waals surface area contributed by atoms with Crippen LogP contribution in [0.4, 0.5) is 0 Å². The van der Waals surface area contributed by atoms with Gasteiger partial charge in [0.05, 0.1) is 31.3 Å². The minimum atomic E-state index is 0.174. The van der Waals surface area contributed by atoms with Gasteiger partial charge in [-0.3, -0.25) is 19.7 Å². The lowest BCUT2D eigenvalue weighted by molar-refractivity contribution is -0.119. The van der Waals surface area contributed by atoms with Gasteiger partial charge in [0.25, 0.3) is 0 Å². The van der Waals surface area contributed by atoms with Gasteiger partial charge >= 0.3 is 0 Å². The molecule has 8 heteroatoms. The second-order valence-electron chi connectivity index (χ2n) is 6.68. The standard InChI is InChI=1S/C19H21N5O2S/c1-13-22-23-19(27-13)15-7-14-8-16(20-11-18(14)21-10-15)9-17(25)12-24-3-2-5-26-6-4-24/h7-8,10-11H,2-6,9,12H2,1H3. The van der Waals surface area contributed by atoms with Crippen molar-refractivity contribution < 1.29 is 9.53 Å². The minimum absolute atomic E-state index is 0.174. The molecule has 0 aromatic carbocycles. The highest BCUT2D eigenvalue weighted by molar-refractivity contribution is 7.14. The van der Waals surface area contributed by atoms with Crippen molar-refractivity contribution in [3.63, 3.8) is 0 Å². The highest BCUT2D eigenvalue weighted by Gasteiger charge is 2.14. The maximum Gasteiger partial charge on any atom is 0.152 e. The monoisotopic (exact) mass is 383 g/mol. The smallest absolute Gasteiger partial charge is 0.152 e. The molecular formula is C19H21N5O2S. The van der Waals surface area contributed by atoms with Gasteiger partial charge in [-0.1, -0.05) is 11.3 Å². The predicted molar refractivity (Wildman–Crippen MR) is 104 cm³/mol. The predicted octanol–water partition coefficient (Wildman–Crippen LogP) is 2.29. The lowest BCUT2D eigenvalue weighted by atomic mass is 10.1. The van der Waals surface area contributed by atoms with Crippen LogP contribution in [-0.2, 0) is 16.0 Å². The Balaban J connectivity index is 1.49. The summed E-state index contributed by atoms with van der Waals surface area (Å²) >= 11 is 1.54. The van der Waals surface area contributed by atoms with Gasteiger partial charge in [-0.25, -0.2) is 0 Å². The van der Waals surface area contributed by atoms with Gasteiger partial charge in [0.2, 0.25) is 0 Å². The molecule has 4 heterocycles. The number of ketones is 1. The molecule has 1 saturated heterocycles. The molecule has 0 amide bonds. The van der Waals surface area contributed by atoms with E-state index in [1.165, 1.54) is 11.3 Å². The van der Waals surface area contributed by atoms with Crippen molar-refractivity contribution >= 4 is 28.0 Å². The Kier molecular flexibility index (Phi) is 5.47. The van der Waals surface area contributed by atoms with Gasteiger partial charge in [-0.05, 0) is 25.5 Å². The zero-order valence-corrected chi connectivity index (χ0v) is 16.0. The van der Waals surface area contributed by atoms with Crippen LogP contribution in [0, 0.1) is 6.92 Å². The van der Waals surface area contributed by atoms with E-state index in [1.807, 2.05) is 19.1 Å². The van der Waals surface area contributed by atoms with Gasteiger partial charge in [0.15, 0.2) is 5.78 Å². The molecule has 1 aliphatic rings. The summed E-state index contributed by atoms with van der Waals surface area (Å²) in [7, 11) is 0. The van der Waals surface area contributed by atoms with Crippen molar-refractivity contribution in [2.45, 2.75) is 19.8 Å². The first-order valence-electron chi connectivity index (χ1n) is 9.04. The molecule has 3 aromatic heterocycles. The number of fused-ring (bicyclic) bond motifs is 1. The summed E-state index contributed by atoms with van der Waals surface area (Å²) < 4.78 is 5.44.